The summed E-state index contributed by atoms with van der Waals surface area (Å²) in [7, 11) is -1.87. The van der Waals surface area contributed by atoms with Crippen LogP contribution in [0, 0.1) is 0 Å². The van der Waals surface area contributed by atoms with Crippen molar-refractivity contribution in [2.45, 2.75) is 83.3 Å². The first-order chi connectivity index (χ1) is 19.5. The van der Waals surface area contributed by atoms with Gasteiger partial charge in [0.05, 0.1) is 6.61 Å². The van der Waals surface area contributed by atoms with Crippen molar-refractivity contribution in [2.24, 2.45) is 0 Å². The van der Waals surface area contributed by atoms with Gasteiger partial charge in [0.25, 0.3) is 0 Å². The zero-order valence-corrected chi connectivity index (χ0v) is 26.2. The molecule has 5 nitrogen and oxygen atoms in total. The van der Waals surface area contributed by atoms with Crippen molar-refractivity contribution in [3.05, 3.63) is 124 Å². The summed E-state index contributed by atoms with van der Waals surface area (Å²) in [5, 5.41) is 0.894. The minimum atomic E-state index is -1.87. The number of fused-ring (bicyclic) bond motifs is 1. The Morgan fingerprint density at radius 2 is 1.29 bits per heavy atom. The average Bonchev–Trinajstić information content (AvgIpc) is 3.41. The zero-order valence-electron chi connectivity index (χ0n) is 25.2. The van der Waals surface area contributed by atoms with Gasteiger partial charge in [0, 0.05) is 0 Å². The minimum Gasteiger partial charge on any atom is -0.486 e. The monoisotopic (exact) mass is 570 g/mol. The molecule has 41 heavy (non-hydrogen) atoms. The maximum atomic E-state index is 7.13. The molecule has 2 saturated heterocycles. The molecule has 2 aliphatic rings. The molecule has 6 heteroatoms. The Morgan fingerprint density at radius 1 is 0.805 bits per heavy atom. The van der Waals surface area contributed by atoms with E-state index in [1.165, 1.54) is 0 Å². The number of allylic oxidation sites excluding steroid dienone is 1. The summed E-state index contributed by atoms with van der Waals surface area (Å²) < 4.78 is 33.0. The molecule has 2 aliphatic heterocycles. The van der Waals surface area contributed by atoms with Crippen LogP contribution in [-0.4, -0.2) is 45.1 Å². The number of hydrogen-bond donors (Lipinski definition) is 0. The Bertz CT molecular complexity index is 1270. The van der Waals surface area contributed by atoms with Gasteiger partial charge in [-0.3, -0.25) is 0 Å². The molecule has 0 N–H and O–H groups in total. The molecule has 3 aromatic carbocycles. The van der Waals surface area contributed by atoms with Crippen LogP contribution in [0.3, 0.4) is 0 Å². The Balaban J connectivity index is 1.56. The van der Waals surface area contributed by atoms with Crippen LogP contribution in [0.5, 0.6) is 0 Å². The second-order valence-corrected chi connectivity index (χ2v) is 17.5. The lowest BCUT2D eigenvalue weighted by atomic mass is 9.80. The van der Waals surface area contributed by atoms with Crippen LogP contribution >= 0.6 is 0 Å². The summed E-state index contributed by atoms with van der Waals surface area (Å²) in [6.07, 6.45) is -1.78. The molecule has 2 heterocycles. The summed E-state index contributed by atoms with van der Waals surface area (Å²) in [5.74, 6) is -0.760. The maximum absolute atomic E-state index is 7.13. The van der Waals surface area contributed by atoms with Gasteiger partial charge < -0.3 is 23.7 Å². The molecule has 0 radical (unpaired) electrons. The summed E-state index contributed by atoms with van der Waals surface area (Å²) in [5.41, 5.74) is 6.81. The third-order valence-electron chi connectivity index (χ3n) is 7.39. The smallest absolute Gasteiger partial charge is 0.191 e. The molecule has 0 aromatic heterocycles. The first-order valence-corrected chi connectivity index (χ1v) is 17.9. The second kappa shape index (κ2) is 11.7. The predicted octanol–water partition coefficient (Wildman–Crippen LogP) is 7.58. The van der Waals surface area contributed by atoms with Gasteiger partial charge in [0.2, 0.25) is 0 Å². The van der Waals surface area contributed by atoms with E-state index in [9.17, 15) is 0 Å². The van der Waals surface area contributed by atoms with Gasteiger partial charge >= 0.3 is 0 Å². The van der Waals surface area contributed by atoms with Crippen molar-refractivity contribution in [3.8, 4) is 0 Å². The SMILES string of the molecule is CC(C)=C=C(O[C@@H]1[C@H]2OC(C)(C)O[C@H]2O[C@@H]1COC(c1ccccc1)(c1ccccc1)c1ccccc1)[Si](C)(C)C. The fourth-order valence-corrected chi connectivity index (χ4v) is 6.67. The van der Waals surface area contributed by atoms with Crippen LogP contribution in [0.4, 0.5) is 0 Å². The van der Waals surface area contributed by atoms with E-state index in [-0.39, 0.29) is 12.7 Å². The number of rotatable bonds is 9. The fraction of sp³-hybridized carbons (Fsp3) is 0.400. The molecule has 0 bridgehead atoms. The van der Waals surface area contributed by atoms with Crippen molar-refractivity contribution >= 4 is 8.07 Å². The summed E-state index contributed by atoms with van der Waals surface area (Å²) in [4.78, 5) is 0. The molecule has 0 saturated carbocycles. The molecular weight excluding hydrogens is 528 g/mol. The maximum Gasteiger partial charge on any atom is 0.191 e. The van der Waals surface area contributed by atoms with E-state index in [1.54, 1.807) is 0 Å². The van der Waals surface area contributed by atoms with Crippen molar-refractivity contribution in [1.82, 2.24) is 0 Å². The van der Waals surface area contributed by atoms with Gasteiger partial charge in [0.1, 0.15) is 25.2 Å². The number of ether oxygens (including phenoxy) is 5. The van der Waals surface area contributed by atoms with Crippen LogP contribution in [-0.2, 0) is 29.3 Å². The van der Waals surface area contributed by atoms with Gasteiger partial charge in [-0.15, -0.1) is 0 Å². The van der Waals surface area contributed by atoms with Crippen LogP contribution in [0.15, 0.2) is 108 Å². The van der Waals surface area contributed by atoms with Crippen LogP contribution in [0.2, 0.25) is 19.6 Å². The Labute approximate surface area is 245 Å². The molecule has 0 aliphatic carbocycles. The van der Waals surface area contributed by atoms with Gasteiger partial charge in [0.15, 0.2) is 24.3 Å². The first-order valence-electron chi connectivity index (χ1n) is 14.4. The lowest BCUT2D eigenvalue weighted by Crippen LogP contribution is -2.43. The molecule has 4 atom stereocenters. The third-order valence-corrected chi connectivity index (χ3v) is 9.00. The quantitative estimate of drug-likeness (QED) is 0.115. The summed E-state index contributed by atoms with van der Waals surface area (Å²) >= 11 is 0. The predicted molar refractivity (Wildman–Crippen MR) is 164 cm³/mol. The topological polar surface area (TPSA) is 46.2 Å². The highest BCUT2D eigenvalue weighted by Crippen LogP contribution is 2.44. The van der Waals surface area contributed by atoms with Gasteiger partial charge in [-0.1, -0.05) is 116 Å². The molecule has 0 amide bonds. The Morgan fingerprint density at radius 3 is 1.73 bits per heavy atom. The molecule has 5 rings (SSSR count). The number of benzene rings is 3. The van der Waals surface area contributed by atoms with Crippen molar-refractivity contribution in [1.29, 1.82) is 0 Å². The second-order valence-electron chi connectivity index (χ2n) is 12.5. The normalized spacial score (nSPS) is 23.5. The fourth-order valence-electron chi connectivity index (χ4n) is 5.56. The van der Waals surface area contributed by atoms with Crippen LogP contribution in [0.25, 0.3) is 0 Å². The first kappa shape index (κ1) is 29.5. The largest absolute Gasteiger partial charge is 0.486 e. The van der Waals surface area contributed by atoms with Crippen molar-refractivity contribution in [3.63, 3.8) is 0 Å². The average molecular weight is 571 g/mol. The van der Waals surface area contributed by atoms with Crippen LogP contribution in [0.1, 0.15) is 44.4 Å². The molecule has 216 valence electrons. The molecule has 0 spiro atoms. The van der Waals surface area contributed by atoms with E-state index in [4.69, 9.17) is 23.7 Å². The van der Waals surface area contributed by atoms with Gasteiger partial charge in [-0.25, -0.2) is 0 Å². The molecular formula is C35H42O5Si. The van der Waals surface area contributed by atoms with E-state index in [1.807, 2.05) is 45.9 Å². The standard InChI is InChI=1S/C35H42O5Si/c1-25(2)23-30(41(5,6)7)38-31-29(37-33-32(31)39-34(3,4)40-33)24-36-35(26-17-11-8-12-18-26,27-19-13-9-14-20-27)28-21-15-10-16-22-28/h8-22,29,31-33H,24H2,1-7H3/t29-,31+,32-,33-/m1/s1. The zero-order chi connectivity index (χ0) is 29.3. The van der Waals surface area contributed by atoms with E-state index in [2.05, 4.69) is 98.2 Å². The molecule has 0 unspecified atom stereocenters. The van der Waals surface area contributed by atoms with Crippen molar-refractivity contribution < 1.29 is 23.7 Å². The van der Waals surface area contributed by atoms with E-state index in [0.29, 0.717) is 0 Å². The highest BCUT2D eigenvalue weighted by Gasteiger charge is 2.57. The lowest BCUT2D eigenvalue weighted by molar-refractivity contribution is -0.223. The van der Waals surface area contributed by atoms with Crippen molar-refractivity contribution in [2.75, 3.05) is 6.61 Å². The summed E-state index contributed by atoms with van der Waals surface area (Å²) in [6.45, 7) is 15.0. The summed E-state index contributed by atoms with van der Waals surface area (Å²) in [6, 6.07) is 31.1. The Hall–Kier alpha value is -2.96. The molecule has 2 fully saturated rings. The van der Waals surface area contributed by atoms with Gasteiger partial charge in [-0.2, -0.15) is 0 Å². The van der Waals surface area contributed by atoms with Gasteiger partial charge in [-0.05, 0) is 50.0 Å². The minimum absolute atomic E-state index is 0.261. The molecule has 3 aromatic rings. The van der Waals surface area contributed by atoms with E-state index in [0.717, 1.165) is 27.6 Å². The lowest BCUT2D eigenvalue weighted by Gasteiger charge is -2.37. The highest BCUT2D eigenvalue weighted by atomic mass is 28.3. The Kier molecular flexibility index (Phi) is 8.45. The highest BCUT2D eigenvalue weighted by molar-refractivity contribution is 6.82. The third kappa shape index (κ3) is 6.29. The van der Waals surface area contributed by atoms with E-state index >= 15 is 0 Å². The van der Waals surface area contributed by atoms with E-state index < -0.39 is 38.0 Å². The number of hydrogen-bond acceptors (Lipinski definition) is 5. The van der Waals surface area contributed by atoms with Crippen LogP contribution < -0.4 is 0 Å².